The monoisotopic (exact) mass is 486 g/mol. The number of fused-ring (bicyclic) bond motifs is 4. The maximum Gasteiger partial charge on any atom is 5.00 e. The van der Waals surface area contributed by atoms with E-state index in [1.807, 2.05) is 52.0 Å². The minimum Gasteiger partial charge on any atom is -0.662 e. The molecule has 2 aromatic carbocycles. The molecule has 0 spiro atoms. The Morgan fingerprint density at radius 2 is 0.970 bits per heavy atom. The van der Waals surface area contributed by atoms with E-state index in [4.69, 9.17) is 18.9 Å². The standard InChI is InChI=1S/C24H22N4O4.Fe/c1-23(2)29-19-11-15-16(12-20(19)30-23)26-8-6-10-28-18-14-22-21(31-24(3,4)32-22)13-17(18)27-9-5-7-25-15;/h5-14H,1-4H3;/q-2;+5/b7-5-,10-6-,26-8?,27-9?;. The molecule has 0 bridgehead atoms. The number of nitrogens with zero attached hydrogens (tertiary/aromatic N) is 4. The van der Waals surface area contributed by atoms with Crippen molar-refractivity contribution in [2.75, 3.05) is 0 Å². The molecule has 3 aliphatic rings. The van der Waals surface area contributed by atoms with Crippen LogP contribution < -0.4 is 18.9 Å². The summed E-state index contributed by atoms with van der Waals surface area (Å²) >= 11 is 0. The van der Waals surface area contributed by atoms with Gasteiger partial charge in [-0.3, -0.25) is 9.98 Å². The number of benzene rings is 2. The van der Waals surface area contributed by atoms with Gasteiger partial charge in [0.1, 0.15) is 0 Å². The van der Waals surface area contributed by atoms with E-state index >= 15 is 0 Å². The van der Waals surface area contributed by atoms with E-state index in [-0.39, 0.29) is 17.1 Å². The molecule has 0 saturated heterocycles. The van der Waals surface area contributed by atoms with Gasteiger partial charge >= 0.3 is 17.1 Å². The van der Waals surface area contributed by atoms with Crippen molar-refractivity contribution in [2.45, 2.75) is 39.3 Å². The van der Waals surface area contributed by atoms with Crippen LogP contribution >= 0.6 is 0 Å². The van der Waals surface area contributed by atoms with Crippen LogP contribution in [0.3, 0.4) is 0 Å². The van der Waals surface area contributed by atoms with Gasteiger partial charge in [0.05, 0.1) is 11.4 Å². The maximum absolute atomic E-state index is 5.82. The van der Waals surface area contributed by atoms with Crippen molar-refractivity contribution in [2.24, 2.45) is 9.98 Å². The zero-order valence-electron chi connectivity index (χ0n) is 18.5. The van der Waals surface area contributed by atoms with Gasteiger partial charge in [-0.1, -0.05) is 12.2 Å². The Bertz CT molecular complexity index is 1110. The summed E-state index contributed by atoms with van der Waals surface area (Å²) in [4.78, 5) is 9.04. The Kier molecular flexibility index (Phi) is 5.86. The number of aliphatic imine (C=N–C) groups is 2. The van der Waals surface area contributed by atoms with Crippen LogP contribution in [-0.4, -0.2) is 24.0 Å². The number of hydrogen-bond acceptors (Lipinski definition) is 6. The molecule has 1 radical (unpaired) electrons. The van der Waals surface area contributed by atoms with Crippen molar-refractivity contribution in [3.63, 3.8) is 0 Å². The average Bonchev–Trinajstić information content (AvgIpc) is 3.18. The van der Waals surface area contributed by atoms with Crippen molar-refractivity contribution in [3.05, 3.63) is 59.5 Å². The topological polar surface area (TPSA) is 89.8 Å². The SMILES string of the molecule is CC1(C)Oc2cc3c(cc2O1)[N-]/C=C\C=Nc1cc2c(cc1[N-]/C=C\C=N3)OC(C)(C)O2.[Fe+5]. The van der Waals surface area contributed by atoms with Gasteiger partial charge in [-0.15, -0.1) is 11.4 Å². The van der Waals surface area contributed by atoms with Crippen molar-refractivity contribution in [1.82, 2.24) is 0 Å². The fraction of sp³-hybridized carbons (Fsp3) is 0.250. The molecule has 0 aliphatic carbocycles. The van der Waals surface area contributed by atoms with Crippen molar-refractivity contribution in [1.29, 1.82) is 0 Å². The largest absolute Gasteiger partial charge is 5.00 e. The molecule has 0 amide bonds. The van der Waals surface area contributed by atoms with Gasteiger partial charge in [0.25, 0.3) is 0 Å². The molecule has 33 heavy (non-hydrogen) atoms. The summed E-state index contributed by atoms with van der Waals surface area (Å²) in [5.74, 6) is 1.08. The third kappa shape index (κ3) is 4.84. The van der Waals surface area contributed by atoms with Crippen LogP contribution in [0.25, 0.3) is 10.6 Å². The molecule has 0 N–H and O–H groups in total. The molecule has 0 aromatic heterocycles. The Morgan fingerprint density at radius 3 is 1.36 bits per heavy atom. The number of allylic oxidation sites excluding steroid dienone is 2. The van der Waals surface area contributed by atoms with Gasteiger partial charge in [0.15, 0.2) is 23.0 Å². The predicted octanol–water partition coefficient (Wildman–Crippen LogP) is 6.85. The molecular weight excluding hydrogens is 464 g/mol. The van der Waals surface area contributed by atoms with Crippen molar-refractivity contribution in [3.8, 4) is 23.0 Å². The normalized spacial score (nSPS) is 20.2. The number of rotatable bonds is 0. The van der Waals surface area contributed by atoms with Crippen molar-refractivity contribution >= 4 is 35.2 Å². The molecule has 167 valence electrons. The van der Waals surface area contributed by atoms with E-state index in [2.05, 4.69) is 20.6 Å². The molecule has 0 saturated carbocycles. The summed E-state index contributed by atoms with van der Waals surface area (Å²) in [5.41, 5.74) is 2.61. The molecule has 3 heterocycles. The van der Waals surface area contributed by atoms with Crippen LogP contribution in [0.1, 0.15) is 27.7 Å². The van der Waals surface area contributed by atoms with Gasteiger partial charge < -0.3 is 29.6 Å². The zero-order valence-corrected chi connectivity index (χ0v) is 19.7. The molecule has 8 nitrogen and oxygen atoms in total. The number of hydrogen-bond donors (Lipinski definition) is 0. The van der Waals surface area contributed by atoms with Gasteiger partial charge in [-0.2, -0.15) is 12.4 Å². The summed E-state index contributed by atoms with van der Waals surface area (Å²) in [6.07, 6.45) is 10.1. The molecule has 3 aliphatic heterocycles. The van der Waals surface area contributed by atoms with E-state index in [0.29, 0.717) is 45.7 Å². The van der Waals surface area contributed by atoms with Gasteiger partial charge in [0.2, 0.25) is 11.6 Å². The van der Waals surface area contributed by atoms with E-state index < -0.39 is 11.6 Å². The van der Waals surface area contributed by atoms with Crippen LogP contribution in [0.4, 0.5) is 22.7 Å². The van der Waals surface area contributed by atoms with Crippen LogP contribution in [-0.2, 0) is 17.1 Å². The smallest absolute Gasteiger partial charge is 0.662 e. The first kappa shape index (κ1) is 22.8. The van der Waals surface area contributed by atoms with Crippen LogP contribution in [0, 0.1) is 0 Å². The third-order valence-electron chi connectivity index (χ3n) is 4.70. The van der Waals surface area contributed by atoms with Gasteiger partial charge in [-0.25, -0.2) is 0 Å². The third-order valence-corrected chi connectivity index (χ3v) is 4.70. The molecule has 0 fully saturated rings. The summed E-state index contributed by atoms with van der Waals surface area (Å²) < 4.78 is 23.3. The molecule has 2 aromatic rings. The number of ether oxygens (including phenoxy) is 4. The predicted molar refractivity (Wildman–Crippen MR) is 124 cm³/mol. The molecule has 5 rings (SSSR count). The Balaban J connectivity index is 0.00000259. The Hall–Kier alpha value is -3.42. The van der Waals surface area contributed by atoms with E-state index in [1.165, 1.54) is 0 Å². The second kappa shape index (κ2) is 8.50. The van der Waals surface area contributed by atoms with Gasteiger partial charge in [0, 0.05) is 52.3 Å². The first-order valence-corrected chi connectivity index (χ1v) is 10.2. The van der Waals surface area contributed by atoms with Crippen LogP contribution in [0.15, 0.2) is 58.8 Å². The summed E-state index contributed by atoms with van der Waals surface area (Å²) in [5, 5.41) is 9.04. The average molecular weight is 486 g/mol. The maximum atomic E-state index is 5.82. The second-order valence-electron chi connectivity index (χ2n) is 8.28. The van der Waals surface area contributed by atoms with Crippen molar-refractivity contribution < 1.29 is 36.0 Å². The minimum atomic E-state index is -0.726. The molecule has 9 heteroatoms. The van der Waals surface area contributed by atoms with Gasteiger partial charge in [-0.05, 0) is 12.1 Å². The van der Waals surface area contributed by atoms with E-state index in [9.17, 15) is 0 Å². The quantitative estimate of drug-likeness (QED) is 0.381. The zero-order chi connectivity index (χ0) is 22.3. The Labute approximate surface area is 202 Å². The van der Waals surface area contributed by atoms with Crippen LogP contribution in [0.2, 0.25) is 0 Å². The first-order valence-electron chi connectivity index (χ1n) is 10.2. The summed E-state index contributed by atoms with van der Waals surface area (Å²) in [6.45, 7) is 7.42. The molecule has 0 unspecified atom stereocenters. The summed E-state index contributed by atoms with van der Waals surface area (Å²) in [6, 6.07) is 7.26. The van der Waals surface area contributed by atoms with E-state index in [0.717, 1.165) is 0 Å². The second-order valence-corrected chi connectivity index (χ2v) is 8.28. The fourth-order valence-corrected chi connectivity index (χ4v) is 3.48. The minimum absolute atomic E-state index is 0. The van der Waals surface area contributed by atoms with Crippen LogP contribution in [0.5, 0.6) is 23.0 Å². The fourth-order valence-electron chi connectivity index (χ4n) is 3.48. The molecular formula is C24H22FeN4O4+3. The Morgan fingerprint density at radius 1 is 0.606 bits per heavy atom. The molecule has 0 atom stereocenters. The van der Waals surface area contributed by atoms with E-state index in [1.54, 1.807) is 37.0 Å². The summed E-state index contributed by atoms with van der Waals surface area (Å²) in [7, 11) is 0. The first-order chi connectivity index (χ1) is 15.3.